The van der Waals surface area contributed by atoms with Gasteiger partial charge in [0.05, 0.1) is 13.2 Å². The Morgan fingerprint density at radius 3 is 2.24 bits per heavy atom. The minimum absolute atomic E-state index is 0.0425. The smallest absolute Gasteiger partial charge is 0.437 e. The van der Waals surface area contributed by atoms with Crippen LogP contribution in [-0.2, 0) is 16.0 Å². The molecule has 0 unspecified atom stereocenters. The molecule has 186 valence electrons. The van der Waals surface area contributed by atoms with Crippen molar-refractivity contribution in [2.75, 3.05) is 33.5 Å². The molecule has 5 nitrogen and oxygen atoms in total. The first-order chi connectivity index (χ1) is 16.3. The molecule has 2 aromatic rings. The van der Waals surface area contributed by atoms with Crippen molar-refractivity contribution in [3.05, 3.63) is 70.8 Å². The van der Waals surface area contributed by atoms with E-state index in [4.69, 9.17) is 14.2 Å². The molecular weight excluding hydrogens is 447 g/mol. The van der Waals surface area contributed by atoms with Gasteiger partial charge >= 0.3 is 6.18 Å². The number of allylic oxidation sites excluding steroid dienone is 1. The van der Waals surface area contributed by atoms with Crippen LogP contribution in [0.5, 0.6) is 11.5 Å². The average molecular weight is 480 g/mol. The van der Waals surface area contributed by atoms with E-state index in [-0.39, 0.29) is 5.56 Å². The van der Waals surface area contributed by atoms with Gasteiger partial charge in [0, 0.05) is 18.6 Å². The molecule has 0 aliphatic carbocycles. The first-order valence-electron chi connectivity index (χ1n) is 11.1. The summed E-state index contributed by atoms with van der Waals surface area (Å²) < 4.78 is 56.3. The lowest BCUT2D eigenvalue weighted by Crippen LogP contribution is -2.24. The molecule has 34 heavy (non-hydrogen) atoms. The standard InChI is InChI=1S/C26H32F3NO4/c1-5-6-14-33-23-17-19(2)24(20(3)18-23)34-15-7-13-32-16-12-21-8-10-22(11-9-21)25(30-31-4)26(27,28)29/h5-6,8-11,17-18H,7,12-16H2,1-4H3/b6-5+,30-25-. The first-order valence-corrected chi connectivity index (χ1v) is 11.1. The predicted octanol–water partition coefficient (Wildman–Crippen LogP) is 6.20. The van der Waals surface area contributed by atoms with E-state index in [9.17, 15) is 13.2 Å². The second kappa shape index (κ2) is 13.6. The van der Waals surface area contributed by atoms with Crippen molar-refractivity contribution in [2.45, 2.75) is 39.8 Å². The number of alkyl halides is 3. The van der Waals surface area contributed by atoms with Gasteiger partial charge in [-0.15, -0.1) is 0 Å². The molecule has 0 aliphatic heterocycles. The number of oxime groups is 1. The Balaban J connectivity index is 1.72. The fourth-order valence-electron chi connectivity index (χ4n) is 3.28. The molecule has 0 fully saturated rings. The molecule has 0 radical (unpaired) electrons. The highest BCUT2D eigenvalue weighted by molar-refractivity contribution is 6.04. The Bertz CT molecular complexity index is 931. The van der Waals surface area contributed by atoms with Gasteiger partial charge < -0.3 is 19.0 Å². The fraction of sp³-hybridized carbons (Fsp3) is 0.423. The molecular formula is C26H32F3NO4. The minimum Gasteiger partial charge on any atom is -0.493 e. The summed E-state index contributed by atoms with van der Waals surface area (Å²) in [5.74, 6) is 1.67. The van der Waals surface area contributed by atoms with Crippen LogP contribution >= 0.6 is 0 Å². The van der Waals surface area contributed by atoms with Gasteiger partial charge in [0.1, 0.15) is 25.2 Å². The van der Waals surface area contributed by atoms with Crippen LogP contribution in [0.1, 0.15) is 35.6 Å². The molecule has 0 N–H and O–H groups in total. The Morgan fingerprint density at radius 2 is 1.65 bits per heavy atom. The maximum atomic E-state index is 13.0. The summed E-state index contributed by atoms with van der Waals surface area (Å²) in [6.07, 6.45) is 0.631. The maximum Gasteiger partial charge on any atom is 0.437 e. The number of aryl methyl sites for hydroxylation is 2. The van der Waals surface area contributed by atoms with Crippen molar-refractivity contribution < 1.29 is 32.2 Å². The van der Waals surface area contributed by atoms with E-state index in [1.165, 1.54) is 12.1 Å². The number of hydrogen-bond donors (Lipinski definition) is 0. The Kier molecular flexibility index (Phi) is 10.9. The summed E-state index contributed by atoms with van der Waals surface area (Å²) in [5, 5.41) is 3.10. The molecule has 0 aliphatic rings. The Morgan fingerprint density at radius 1 is 0.971 bits per heavy atom. The molecule has 2 aromatic carbocycles. The van der Waals surface area contributed by atoms with Gasteiger partial charge in [0.15, 0.2) is 5.71 Å². The normalized spacial score (nSPS) is 12.3. The number of nitrogens with zero attached hydrogens (tertiary/aromatic N) is 1. The lowest BCUT2D eigenvalue weighted by Gasteiger charge is -2.14. The van der Waals surface area contributed by atoms with Crippen LogP contribution in [0.25, 0.3) is 0 Å². The van der Waals surface area contributed by atoms with Crippen LogP contribution in [-0.4, -0.2) is 45.4 Å². The lowest BCUT2D eigenvalue weighted by atomic mass is 10.1. The van der Waals surface area contributed by atoms with E-state index in [1.807, 2.05) is 45.1 Å². The zero-order chi connectivity index (χ0) is 25.0. The average Bonchev–Trinajstić information content (AvgIpc) is 2.78. The molecule has 0 saturated carbocycles. The topological polar surface area (TPSA) is 49.3 Å². The first kappa shape index (κ1) is 27.2. The molecule has 0 saturated heterocycles. The second-order valence-electron chi connectivity index (χ2n) is 7.65. The van der Waals surface area contributed by atoms with Gasteiger partial charge in [0.25, 0.3) is 0 Å². The van der Waals surface area contributed by atoms with Crippen LogP contribution in [0, 0.1) is 13.8 Å². The Hall–Kier alpha value is -3.00. The van der Waals surface area contributed by atoms with E-state index in [0.29, 0.717) is 32.8 Å². The number of rotatable bonds is 13. The highest BCUT2D eigenvalue weighted by atomic mass is 19.4. The van der Waals surface area contributed by atoms with Crippen LogP contribution in [0.2, 0.25) is 0 Å². The molecule has 2 rings (SSSR count). The van der Waals surface area contributed by atoms with Gasteiger partial charge in [-0.2, -0.15) is 13.2 Å². The van der Waals surface area contributed by atoms with Crippen molar-refractivity contribution in [3.63, 3.8) is 0 Å². The Labute approximate surface area is 199 Å². The molecule has 0 bridgehead atoms. The van der Waals surface area contributed by atoms with Crippen LogP contribution in [0.4, 0.5) is 13.2 Å². The largest absolute Gasteiger partial charge is 0.493 e. The van der Waals surface area contributed by atoms with E-state index in [0.717, 1.165) is 41.7 Å². The van der Waals surface area contributed by atoms with Crippen LogP contribution < -0.4 is 9.47 Å². The highest BCUT2D eigenvalue weighted by Crippen LogP contribution is 2.28. The number of halogens is 3. The minimum atomic E-state index is -4.58. The molecule has 8 heteroatoms. The van der Waals surface area contributed by atoms with Gasteiger partial charge in [-0.25, -0.2) is 0 Å². The van der Waals surface area contributed by atoms with Gasteiger partial charge in [-0.1, -0.05) is 41.6 Å². The van der Waals surface area contributed by atoms with E-state index in [1.54, 1.807) is 12.1 Å². The predicted molar refractivity (Wildman–Crippen MR) is 127 cm³/mol. The van der Waals surface area contributed by atoms with E-state index >= 15 is 0 Å². The molecule has 0 atom stereocenters. The van der Waals surface area contributed by atoms with Crippen LogP contribution in [0.3, 0.4) is 0 Å². The molecule has 0 spiro atoms. The highest BCUT2D eigenvalue weighted by Gasteiger charge is 2.37. The summed E-state index contributed by atoms with van der Waals surface area (Å²) >= 11 is 0. The number of hydrogen-bond acceptors (Lipinski definition) is 5. The molecule has 0 amide bonds. The van der Waals surface area contributed by atoms with Crippen molar-refractivity contribution in [1.82, 2.24) is 0 Å². The summed E-state index contributed by atoms with van der Waals surface area (Å²) in [4.78, 5) is 4.32. The summed E-state index contributed by atoms with van der Waals surface area (Å²) in [5.41, 5.74) is 1.81. The van der Waals surface area contributed by atoms with Crippen LogP contribution in [0.15, 0.2) is 53.7 Å². The lowest BCUT2D eigenvalue weighted by molar-refractivity contribution is -0.0608. The summed E-state index contributed by atoms with van der Waals surface area (Å²) in [7, 11) is 1.09. The summed E-state index contributed by atoms with van der Waals surface area (Å²) in [6.45, 7) is 7.99. The zero-order valence-electron chi connectivity index (χ0n) is 20.1. The third-order valence-electron chi connectivity index (χ3n) is 4.91. The number of ether oxygens (including phenoxy) is 3. The zero-order valence-corrected chi connectivity index (χ0v) is 20.1. The van der Waals surface area contributed by atoms with E-state index < -0.39 is 11.9 Å². The number of benzene rings is 2. The SMILES string of the molecule is C/C=C/COc1cc(C)c(OCCCOCCc2ccc(/C(=N/OC)C(F)(F)F)cc2)c(C)c1. The summed E-state index contributed by atoms with van der Waals surface area (Å²) in [6, 6.07) is 9.97. The van der Waals surface area contributed by atoms with Gasteiger partial charge in [-0.3, -0.25) is 0 Å². The third kappa shape index (κ3) is 8.74. The van der Waals surface area contributed by atoms with Gasteiger partial charge in [-0.05, 0) is 56.0 Å². The third-order valence-corrected chi connectivity index (χ3v) is 4.91. The molecule has 0 aromatic heterocycles. The monoisotopic (exact) mass is 479 g/mol. The molecule has 0 heterocycles. The van der Waals surface area contributed by atoms with Gasteiger partial charge in [0.2, 0.25) is 0 Å². The van der Waals surface area contributed by atoms with Crippen molar-refractivity contribution in [3.8, 4) is 11.5 Å². The van der Waals surface area contributed by atoms with E-state index in [2.05, 4.69) is 9.99 Å². The fourth-order valence-corrected chi connectivity index (χ4v) is 3.28. The van der Waals surface area contributed by atoms with Crippen molar-refractivity contribution >= 4 is 5.71 Å². The van der Waals surface area contributed by atoms with Crippen molar-refractivity contribution in [2.24, 2.45) is 5.16 Å². The van der Waals surface area contributed by atoms with Crippen molar-refractivity contribution in [1.29, 1.82) is 0 Å². The quantitative estimate of drug-likeness (QED) is 0.149. The maximum absolute atomic E-state index is 13.0. The second-order valence-corrected chi connectivity index (χ2v) is 7.65.